The molecule has 94 valence electrons. The van der Waals surface area contributed by atoms with E-state index < -0.39 is 0 Å². The summed E-state index contributed by atoms with van der Waals surface area (Å²) >= 11 is 0. The maximum absolute atomic E-state index is 5.99. The van der Waals surface area contributed by atoms with Gasteiger partial charge in [-0.25, -0.2) is 0 Å². The van der Waals surface area contributed by atoms with Crippen molar-refractivity contribution in [1.82, 2.24) is 4.57 Å². The molecule has 0 bridgehead atoms. The molecule has 1 aliphatic heterocycles. The summed E-state index contributed by atoms with van der Waals surface area (Å²) in [5.74, 6) is 1.05. The van der Waals surface area contributed by atoms with Crippen LogP contribution < -0.4 is 4.74 Å². The molecule has 0 fully saturated rings. The zero-order chi connectivity index (χ0) is 12.7. The van der Waals surface area contributed by atoms with Crippen molar-refractivity contribution in [2.75, 3.05) is 0 Å². The molecule has 0 saturated heterocycles. The van der Waals surface area contributed by atoms with E-state index in [2.05, 4.69) is 59.4 Å². The van der Waals surface area contributed by atoms with Gasteiger partial charge in [0.2, 0.25) is 0 Å². The first-order valence-corrected chi connectivity index (χ1v) is 6.67. The third kappa shape index (κ3) is 1.89. The Morgan fingerprint density at radius 2 is 1.63 bits per heavy atom. The van der Waals surface area contributed by atoms with Gasteiger partial charge in [0.25, 0.3) is 0 Å². The highest BCUT2D eigenvalue weighted by molar-refractivity contribution is 5.82. The molecular formula is C17H15NO. The van der Waals surface area contributed by atoms with Crippen LogP contribution in [0.4, 0.5) is 0 Å². The average molecular weight is 249 g/mol. The van der Waals surface area contributed by atoms with Crippen molar-refractivity contribution in [2.24, 2.45) is 0 Å². The topological polar surface area (TPSA) is 14.2 Å². The Labute approximate surface area is 112 Å². The van der Waals surface area contributed by atoms with Crippen LogP contribution in [0.1, 0.15) is 5.56 Å². The lowest BCUT2D eigenvalue weighted by Gasteiger charge is -2.11. The summed E-state index contributed by atoms with van der Waals surface area (Å²) in [5.41, 5.74) is 1.32. The number of rotatable bonds is 2. The van der Waals surface area contributed by atoms with Crippen LogP contribution in [0.25, 0.3) is 10.8 Å². The van der Waals surface area contributed by atoms with Crippen LogP contribution in [0.2, 0.25) is 0 Å². The molecule has 1 aliphatic rings. The number of hydrogen-bond donors (Lipinski definition) is 0. The minimum atomic E-state index is 0.249. The number of hydrogen-bond acceptors (Lipinski definition) is 1. The summed E-state index contributed by atoms with van der Waals surface area (Å²) in [4.78, 5) is 0. The van der Waals surface area contributed by atoms with Gasteiger partial charge < -0.3 is 9.30 Å². The Bertz CT molecular complexity index is 671. The molecule has 0 spiro atoms. The minimum absolute atomic E-state index is 0.249. The lowest BCUT2D eigenvalue weighted by atomic mass is 10.1. The second-order valence-corrected chi connectivity index (χ2v) is 5.14. The van der Waals surface area contributed by atoms with Gasteiger partial charge in [-0.05, 0) is 22.4 Å². The molecule has 19 heavy (non-hydrogen) atoms. The van der Waals surface area contributed by atoms with E-state index >= 15 is 0 Å². The molecule has 0 aliphatic carbocycles. The van der Waals surface area contributed by atoms with E-state index in [0.717, 1.165) is 18.7 Å². The highest BCUT2D eigenvalue weighted by atomic mass is 16.5. The zero-order valence-corrected chi connectivity index (χ0v) is 10.6. The standard InChI is InChI=1S/C17H15NO/c1-2-7-15-11-18(10-14(15)6-1)12-16-9-13-5-3-4-8-17(13)19-16/h1-8,10-11,16H,9,12H2. The SMILES string of the molecule is c1ccc2c(c1)CC(Cn1cc3ccccc3c1)O2. The van der Waals surface area contributed by atoms with Gasteiger partial charge in [0.05, 0.1) is 6.54 Å². The molecule has 0 N–H and O–H groups in total. The Balaban J connectivity index is 1.57. The predicted molar refractivity (Wildman–Crippen MR) is 76.5 cm³/mol. The molecule has 2 heteroatoms. The minimum Gasteiger partial charge on any atom is -0.488 e. The van der Waals surface area contributed by atoms with Crippen molar-refractivity contribution in [2.45, 2.75) is 19.1 Å². The molecule has 4 rings (SSSR count). The molecule has 1 aromatic heterocycles. The second-order valence-electron chi connectivity index (χ2n) is 5.14. The van der Waals surface area contributed by atoms with E-state index in [9.17, 15) is 0 Å². The maximum atomic E-state index is 5.99. The third-order valence-corrected chi connectivity index (χ3v) is 3.73. The van der Waals surface area contributed by atoms with Crippen molar-refractivity contribution in [1.29, 1.82) is 0 Å². The first-order chi connectivity index (χ1) is 9.38. The lowest BCUT2D eigenvalue weighted by molar-refractivity contribution is 0.209. The highest BCUT2D eigenvalue weighted by Crippen LogP contribution is 2.29. The molecule has 2 nitrogen and oxygen atoms in total. The van der Waals surface area contributed by atoms with E-state index in [0.29, 0.717) is 0 Å². The molecule has 2 heterocycles. The summed E-state index contributed by atoms with van der Waals surface area (Å²) in [7, 11) is 0. The lowest BCUT2D eigenvalue weighted by Crippen LogP contribution is -2.19. The summed E-state index contributed by atoms with van der Waals surface area (Å²) in [5, 5.41) is 2.58. The second kappa shape index (κ2) is 4.16. The van der Waals surface area contributed by atoms with E-state index in [1.165, 1.54) is 16.3 Å². The first-order valence-electron chi connectivity index (χ1n) is 6.67. The summed E-state index contributed by atoms with van der Waals surface area (Å²) in [6, 6.07) is 16.8. The molecule has 1 unspecified atom stereocenters. The molecular weight excluding hydrogens is 234 g/mol. The van der Waals surface area contributed by atoms with Gasteiger partial charge in [0.1, 0.15) is 11.9 Å². The number of nitrogens with zero attached hydrogens (tertiary/aromatic N) is 1. The van der Waals surface area contributed by atoms with Crippen LogP contribution in [-0.2, 0) is 13.0 Å². The van der Waals surface area contributed by atoms with Crippen LogP contribution in [0, 0.1) is 0 Å². The fourth-order valence-corrected chi connectivity index (χ4v) is 2.84. The fraction of sp³-hybridized carbons (Fsp3) is 0.176. The Kier molecular flexibility index (Phi) is 2.34. The van der Waals surface area contributed by atoms with Gasteiger partial charge in [0.15, 0.2) is 0 Å². The smallest absolute Gasteiger partial charge is 0.123 e. The van der Waals surface area contributed by atoms with E-state index in [4.69, 9.17) is 4.74 Å². The fourth-order valence-electron chi connectivity index (χ4n) is 2.84. The zero-order valence-electron chi connectivity index (χ0n) is 10.6. The Hall–Kier alpha value is -2.22. The maximum Gasteiger partial charge on any atom is 0.123 e. The van der Waals surface area contributed by atoms with Crippen molar-refractivity contribution in [3.63, 3.8) is 0 Å². The summed E-state index contributed by atoms with van der Waals surface area (Å²) in [6.07, 6.45) is 5.65. The molecule has 0 radical (unpaired) electrons. The molecule has 3 aromatic rings. The van der Waals surface area contributed by atoms with Gasteiger partial charge in [-0.3, -0.25) is 0 Å². The van der Waals surface area contributed by atoms with Gasteiger partial charge in [-0.15, -0.1) is 0 Å². The van der Waals surface area contributed by atoms with E-state index in [1.807, 2.05) is 6.07 Å². The average Bonchev–Trinajstić information content (AvgIpc) is 3.00. The number of fused-ring (bicyclic) bond motifs is 2. The molecule has 2 aromatic carbocycles. The number of benzene rings is 2. The van der Waals surface area contributed by atoms with Gasteiger partial charge in [0, 0.05) is 18.8 Å². The molecule has 0 saturated carbocycles. The molecule has 0 amide bonds. The highest BCUT2D eigenvalue weighted by Gasteiger charge is 2.22. The van der Waals surface area contributed by atoms with Crippen LogP contribution in [-0.4, -0.2) is 10.7 Å². The van der Waals surface area contributed by atoms with Crippen LogP contribution >= 0.6 is 0 Å². The number of para-hydroxylation sites is 1. The quantitative estimate of drug-likeness (QED) is 0.676. The van der Waals surface area contributed by atoms with Crippen LogP contribution in [0.15, 0.2) is 60.9 Å². The van der Waals surface area contributed by atoms with E-state index in [1.54, 1.807) is 0 Å². The van der Waals surface area contributed by atoms with Gasteiger partial charge >= 0.3 is 0 Å². The normalized spacial score (nSPS) is 17.4. The monoisotopic (exact) mass is 249 g/mol. The van der Waals surface area contributed by atoms with Crippen molar-refractivity contribution < 1.29 is 4.74 Å². The van der Waals surface area contributed by atoms with Crippen molar-refractivity contribution >= 4 is 10.8 Å². The van der Waals surface area contributed by atoms with Crippen molar-refractivity contribution in [3.8, 4) is 5.75 Å². The van der Waals surface area contributed by atoms with Gasteiger partial charge in [-0.1, -0.05) is 42.5 Å². The predicted octanol–water partition coefficient (Wildman–Crippen LogP) is 3.65. The summed E-state index contributed by atoms with van der Waals surface area (Å²) in [6.45, 7) is 0.906. The van der Waals surface area contributed by atoms with Crippen LogP contribution in [0.3, 0.4) is 0 Å². The largest absolute Gasteiger partial charge is 0.488 e. The Morgan fingerprint density at radius 1 is 0.947 bits per heavy atom. The Morgan fingerprint density at radius 3 is 2.37 bits per heavy atom. The van der Waals surface area contributed by atoms with Crippen molar-refractivity contribution in [3.05, 3.63) is 66.5 Å². The summed E-state index contributed by atoms with van der Waals surface area (Å²) < 4.78 is 8.22. The molecule has 1 atom stereocenters. The van der Waals surface area contributed by atoms with E-state index in [-0.39, 0.29) is 6.10 Å². The number of ether oxygens (including phenoxy) is 1. The van der Waals surface area contributed by atoms with Gasteiger partial charge in [-0.2, -0.15) is 0 Å². The first kappa shape index (κ1) is 10.7. The number of aromatic nitrogens is 1. The third-order valence-electron chi connectivity index (χ3n) is 3.73. The van der Waals surface area contributed by atoms with Crippen LogP contribution in [0.5, 0.6) is 5.75 Å².